The maximum absolute atomic E-state index is 13.1. The molecule has 29 heavy (non-hydrogen) atoms. The molecule has 1 aliphatic rings. The van der Waals surface area contributed by atoms with Crippen LogP contribution in [0.15, 0.2) is 53.0 Å². The number of hydrogen-bond donors (Lipinski definition) is 1. The minimum Gasteiger partial charge on any atom is -0.497 e. The minimum atomic E-state index is -1.49. The second kappa shape index (κ2) is 9.09. The molecule has 0 radical (unpaired) electrons. The van der Waals surface area contributed by atoms with Crippen LogP contribution in [0.5, 0.6) is 5.75 Å². The zero-order valence-corrected chi connectivity index (χ0v) is 18.3. The Morgan fingerprint density at radius 3 is 2.62 bits per heavy atom. The van der Waals surface area contributed by atoms with Crippen LogP contribution in [0.1, 0.15) is 30.9 Å². The predicted molar refractivity (Wildman–Crippen MR) is 115 cm³/mol. The van der Waals surface area contributed by atoms with E-state index in [2.05, 4.69) is 20.8 Å². The number of rotatable bonds is 7. The van der Waals surface area contributed by atoms with Crippen LogP contribution < -0.4 is 4.74 Å². The number of carbonyl (C=O) groups is 2. The largest absolute Gasteiger partial charge is 0.497 e. The van der Waals surface area contributed by atoms with Gasteiger partial charge in [-0.25, -0.2) is 0 Å². The van der Waals surface area contributed by atoms with Crippen molar-refractivity contribution in [3.05, 3.63) is 64.1 Å². The number of aliphatic carboxylic acids is 1. The Balaban J connectivity index is 2.01. The van der Waals surface area contributed by atoms with E-state index in [9.17, 15) is 14.7 Å². The van der Waals surface area contributed by atoms with E-state index in [0.29, 0.717) is 25.3 Å². The van der Waals surface area contributed by atoms with Gasteiger partial charge >= 0.3 is 5.97 Å². The van der Waals surface area contributed by atoms with Gasteiger partial charge in [0.2, 0.25) is 0 Å². The van der Waals surface area contributed by atoms with Crippen molar-refractivity contribution < 1.29 is 19.4 Å². The third kappa shape index (κ3) is 4.23. The van der Waals surface area contributed by atoms with E-state index < -0.39 is 11.4 Å². The van der Waals surface area contributed by atoms with Crippen molar-refractivity contribution in [3.8, 4) is 5.75 Å². The van der Waals surface area contributed by atoms with Gasteiger partial charge in [-0.2, -0.15) is 0 Å². The molecule has 2 aromatic carbocycles. The third-order valence-corrected chi connectivity index (χ3v) is 6.63. The Bertz CT molecular complexity index is 886. The van der Waals surface area contributed by atoms with Crippen LogP contribution in [-0.4, -0.2) is 41.5 Å². The first-order valence-electron chi connectivity index (χ1n) is 9.79. The molecule has 0 saturated carbocycles. The average molecular weight is 460 g/mol. The number of nitrogens with zero attached hydrogens (tertiary/aromatic N) is 1. The molecule has 2 atom stereocenters. The van der Waals surface area contributed by atoms with Crippen LogP contribution >= 0.6 is 15.9 Å². The maximum atomic E-state index is 13.1. The smallest absolute Gasteiger partial charge is 0.319 e. The average Bonchev–Trinajstić information content (AvgIpc) is 2.72. The molecule has 1 heterocycles. The molecular formula is C23H26BrNO4. The molecule has 0 aromatic heterocycles. The van der Waals surface area contributed by atoms with E-state index in [1.165, 1.54) is 0 Å². The van der Waals surface area contributed by atoms with E-state index in [1.54, 1.807) is 7.11 Å². The van der Waals surface area contributed by atoms with E-state index in [4.69, 9.17) is 4.74 Å². The Morgan fingerprint density at radius 1 is 1.28 bits per heavy atom. The number of methoxy groups -OCH3 is 1. The summed E-state index contributed by atoms with van der Waals surface area (Å²) in [6.45, 7) is 3.15. The first kappa shape index (κ1) is 21.5. The standard InChI is InChI=1S/C23H26BrNO4/c1-3-20-23(22(27)28,14-17-13-18(29-2)9-10-19(17)24)21(26)11-12-25(20)15-16-7-5-4-6-8-16/h4-10,13,20H,3,11-12,14-15H2,1-2H3,(H,27,28). The molecule has 0 aliphatic carbocycles. The van der Waals surface area contributed by atoms with Crippen LogP contribution in [0.2, 0.25) is 0 Å². The van der Waals surface area contributed by atoms with Crippen molar-refractivity contribution in [2.45, 2.75) is 38.8 Å². The van der Waals surface area contributed by atoms with Crippen LogP contribution in [0.25, 0.3) is 0 Å². The Labute approximate surface area is 179 Å². The number of piperidine rings is 1. The first-order chi connectivity index (χ1) is 13.9. The molecule has 5 nitrogen and oxygen atoms in total. The van der Waals surface area contributed by atoms with Gasteiger partial charge < -0.3 is 9.84 Å². The van der Waals surface area contributed by atoms with Gasteiger partial charge in [-0.3, -0.25) is 14.5 Å². The molecule has 1 aliphatic heterocycles. The Hall–Kier alpha value is -2.18. The highest BCUT2D eigenvalue weighted by Crippen LogP contribution is 2.41. The lowest BCUT2D eigenvalue weighted by Gasteiger charge is -2.46. The molecule has 154 valence electrons. The topological polar surface area (TPSA) is 66.8 Å². The molecule has 0 spiro atoms. The molecule has 1 saturated heterocycles. The fourth-order valence-electron chi connectivity index (χ4n) is 4.40. The van der Waals surface area contributed by atoms with Gasteiger partial charge in [0, 0.05) is 30.0 Å². The van der Waals surface area contributed by atoms with Crippen molar-refractivity contribution in [2.24, 2.45) is 5.41 Å². The second-order valence-corrected chi connectivity index (χ2v) is 8.32. The van der Waals surface area contributed by atoms with Gasteiger partial charge in [0.15, 0.2) is 5.78 Å². The summed E-state index contributed by atoms with van der Waals surface area (Å²) >= 11 is 3.52. The van der Waals surface area contributed by atoms with Gasteiger partial charge in [-0.1, -0.05) is 53.2 Å². The molecule has 0 amide bonds. The molecule has 2 aromatic rings. The van der Waals surface area contributed by atoms with Crippen molar-refractivity contribution >= 4 is 27.7 Å². The van der Waals surface area contributed by atoms with E-state index >= 15 is 0 Å². The molecule has 3 rings (SSSR count). The van der Waals surface area contributed by atoms with Gasteiger partial charge in [0.1, 0.15) is 11.2 Å². The summed E-state index contributed by atoms with van der Waals surface area (Å²) in [5.41, 5.74) is 0.388. The van der Waals surface area contributed by atoms with E-state index in [1.807, 2.05) is 55.5 Å². The summed E-state index contributed by atoms with van der Waals surface area (Å²) < 4.78 is 6.09. The van der Waals surface area contributed by atoms with Gasteiger partial charge in [-0.15, -0.1) is 0 Å². The lowest BCUT2D eigenvalue weighted by Crippen LogP contribution is -2.61. The molecule has 1 fully saturated rings. The quantitative estimate of drug-likeness (QED) is 0.624. The van der Waals surface area contributed by atoms with Crippen molar-refractivity contribution in [3.63, 3.8) is 0 Å². The number of halogens is 1. The first-order valence-corrected chi connectivity index (χ1v) is 10.6. The normalized spacial score (nSPS) is 22.4. The van der Waals surface area contributed by atoms with Crippen molar-refractivity contribution in [2.75, 3.05) is 13.7 Å². The number of likely N-dealkylation sites (tertiary alicyclic amines) is 1. The van der Waals surface area contributed by atoms with Crippen molar-refractivity contribution in [1.82, 2.24) is 4.90 Å². The number of benzene rings is 2. The van der Waals surface area contributed by atoms with E-state index in [0.717, 1.165) is 15.6 Å². The predicted octanol–water partition coefficient (Wildman–Crippen LogP) is 4.32. The summed E-state index contributed by atoms with van der Waals surface area (Å²) in [7, 11) is 1.57. The number of carbonyl (C=O) groups excluding carboxylic acids is 1. The fraction of sp³-hybridized carbons (Fsp3) is 0.391. The van der Waals surface area contributed by atoms with Crippen LogP contribution in [0.3, 0.4) is 0 Å². The fourth-order valence-corrected chi connectivity index (χ4v) is 4.79. The van der Waals surface area contributed by atoms with Gasteiger partial charge in [-0.05, 0) is 42.2 Å². The maximum Gasteiger partial charge on any atom is 0.319 e. The number of hydrogen-bond acceptors (Lipinski definition) is 4. The second-order valence-electron chi connectivity index (χ2n) is 7.46. The molecular weight excluding hydrogens is 434 g/mol. The molecule has 0 bridgehead atoms. The summed E-state index contributed by atoms with van der Waals surface area (Å²) in [5.74, 6) is -0.612. The summed E-state index contributed by atoms with van der Waals surface area (Å²) in [4.78, 5) is 27.9. The zero-order valence-electron chi connectivity index (χ0n) is 16.7. The minimum absolute atomic E-state index is 0.128. The number of ether oxygens (including phenoxy) is 1. The highest BCUT2D eigenvalue weighted by Gasteiger charge is 2.55. The van der Waals surface area contributed by atoms with Crippen molar-refractivity contribution in [1.29, 1.82) is 0 Å². The monoisotopic (exact) mass is 459 g/mol. The zero-order chi connectivity index (χ0) is 21.0. The van der Waals surface area contributed by atoms with Crippen LogP contribution in [0.4, 0.5) is 0 Å². The highest BCUT2D eigenvalue weighted by molar-refractivity contribution is 9.10. The number of ketones is 1. The Kier molecular flexibility index (Phi) is 6.75. The lowest BCUT2D eigenvalue weighted by atomic mass is 9.67. The lowest BCUT2D eigenvalue weighted by molar-refractivity contribution is -0.164. The van der Waals surface area contributed by atoms with E-state index in [-0.39, 0.29) is 24.7 Å². The summed E-state index contributed by atoms with van der Waals surface area (Å²) in [6, 6.07) is 15.0. The third-order valence-electron chi connectivity index (χ3n) is 5.85. The summed E-state index contributed by atoms with van der Waals surface area (Å²) in [5, 5.41) is 10.3. The van der Waals surface area contributed by atoms with Crippen LogP contribution in [0, 0.1) is 5.41 Å². The number of Topliss-reactive ketones (excluding diaryl/α,β-unsaturated/α-hetero) is 1. The molecule has 6 heteroatoms. The highest BCUT2D eigenvalue weighted by atomic mass is 79.9. The van der Waals surface area contributed by atoms with Gasteiger partial charge in [0.25, 0.3) is 0 Å². The Morgan fingerprint density at radius 2 is 2.00 bits per heavy atom. The number of carboxylic acid groups (broad SMARTS) is 1. The van der Waals surface area contributed by atoms with Gasteiger partial charge in [0.05, 0.1) is 7.11 Å². The summed E-state index contributed by atoms with van der Waals surface area (Å²) in [6.07, 6.45) is 0.937. The molecule has 2 unspecified atom stereocenters. The SMILES string of the molecule is CCC1N(Cc2ccccc2)CCC(=O)C1(Cc1cc(OC)ccc1Br)C(=O)O. The molecule has 1 N–H and O–H groups in total. The number of carboxylic acids is 1. The van der Waals surface area contributed by atoms with Crippen LogP contribution in [-0.2, 0) is 22.6 Å².